The summed E-state index contributed by atoms with van der Waals surface area (Å²) >= 11 is 0. The highest BCUT2D eigenvalue weighted by molar-refractivity contribution is 5.14. The SMILES string of the molecule is CC1Cc2cn(C3CCCCC3)c(=O)n1c2=O. The molecule has 1 aromatic heterocycles. The number of hydrogen-bond donors (Lipinski definition) is 0. The van der Waals surface area contributed by atoms with Crippen molar-refractivity contribution in [1.82, 2.24) is 9.13 Å². The van der Waals surface area contributed by atoms with Gasteiger partial charge in [-0.2, -0.15) is 0 Å². The Balaban J connectivity index is 2.11. The lowest BCUT2D eigenvalue weighted by Crippen LogP contribution is -2.39. The molecule has 0 radical (unpaired) electrons. The quantitative estimate of drug-likeness (QED) is 0.741. The van der Waals surface area contributed by atoms with Crippen LogP contribution in [0.15, 0.2) is 15.8 Å². The third-order valence-corrected chi connectivity index (χ3v) is 4.14. The van der Waals surface area contributed by atoms with Crippen molar-refractivity contribution in [2.45, 2.75) is 57.5 Å². The molecule has 4 nitrogen and oxygen atoms in total. The van der Waals surface area contributed by atoms with Crippen LogP contribution in [0.5, 0.6) is 0 Å². The number of nitrogens with zero attached hydrogens (tertiary/aromatic N) is 2. The molecule has 2 bridgehead atoms. The molecule has 1 saturated carbocycles. The standard InChI is InChI=1S/C13H18N2O2/c1-9-7-10-8-14(11-5-3-2-4-6-11)13(17)15(9)12(10)16/h8-9,11H,2-7H2,1H3. The molecule has 0 amide bonds. The second-order valence-corrected chi connectivity index (χ2v) is 5.36. The molecular formula is C13H18N2O2. The molecule has 1 unspecified atom stereocenters. The molecular weight excluding hydrogens is 216 g/mol. The van der Waals surface area contributed by atoms with E-state index >= 15 is 0 Å². The van der Waals surface area contributed by atoms with Crippen LogP contribution in [-0.4, -0.2) is 9.13 Å². The molecule has 92 valence electrons. The lowest BCUT2D eigenvalue weighted by molar-refractivity contribution is 0.335. The van der Waals surface area contributed by atoms with Crippen LogP contribution in [0, 0.1) is 0 Å². The van der Waals surface area contributed by atoms with Crippen LogP contribution in [0.4, 0.5) is 0 Å². The Bertz CT molecular complexity index is 550. The molecule has 2 heterocycles. The Morgan fingerprint density at radius 3 is 2.59 bits per heavy atom. The summed E-state index contributed by atoms with van der Waals surface area (Å²) in [6.07, 6.45) is 8.35. The lowest BCUT2D eigenvalue weighted by atomic mass is 9.95. The van der Waals surface area contributed by atoms with Gasteiger partial charge in [0.2, 0.25) is 0 Å². The Kier molecular flexibility index (Phi) is 2.45. The summed E-state index contributed by atoms with van der Waals surface area (Å²) in [6, 6.07) is 0.349. The fourth-order valence-electron chi connectivity index (χ4n) is 3.20. The Labute approximate surface area is 99.9 Å². The normalized spacial score (nSPS) is 24.2. The summed E-state index contributed by atoms with van der Waals surface area (Å²) in [5.41, 5.74) is 0.632. The first-order valence-corrected chi connectivity index (χ1v) is 6.55. The molecule has 17 heavy (non-hydrogen) atoms. The summed E-state index contributed by atoms with van der Waals surface area (Å²) in [5.74, 6) is 0. The van der Waals surface area contributed by atoms with Crippen LogP contribution >= 0.6 is 0 Å². The van der Waals surface area contributed by atoms with E-state index in [1.54, 1.807) is 0 Å². The van der Waals surface area contributed by atoms with Gasteiger partial charge in [0.1, 0.15) is 0 Å². The van der Waals surface area contributed by atoms with Crippen LogP contribution in [0.2, 0.25) is 0 Å². The van der Waals surface area contributed by atoms with Crippen molar-refractivity contribution in [3.05, 3.63) is 32.6 Å². The van der Waals surface area contributed by atoms with E-state index in [0.717, 1.165) is 18.4 Å². The first-order chi connectivity index (χ1) is 8.18. The van der Waals surface area contributed by atoms with Crippen LogP contribution in [-0.2, 0) is 6.42 Å². The fourth-order valence-corrected chi connectivity index (χ4v) is 3.20. The van der Waals surface area contributed by atoms with Crippen molar-refractivity contribution in [3.63, 3.8) is 0 Å². The van der Waals surface area contributed by atoms with E-state index in [9.17, 15) is 9.59 Å². The zero-order chi connectivity index (χ0) is 12.0. The maximum atomic E-state index is 12.3. The number of rotatable bonds is 1. The molecule has 1 fully saturated rings. The van der Waals surface area contributed by atoms with E-state index in [1.165, 1.54) is 23.8 Å². The molecule has 0 spiro atoms. The lowest BCUT2D eigenvalue weighted by Gasteiger charge is -2.24. The monoisotopic (exact) mass is 234 g/mol. The zero-order valence-corrected chi connectivity index (χ0v) is 10.2. The van der Waals surface area contributed by atoms with Gasteiger partial charge in [-0.15, -0.1) is 0 Å². The topological polar surface area (TPSA) is 44.0 Å². The highest BCUT2D eigenvalue weighted by atomic mass is 16.2. The van der Waals surface area contributed by atoms with Gasteiger partial charge in [-0.05, 0) is 19.8 Å². The van der Waals surface area contributed by atoms with Crippen LogP contribution in [0.3, 0.4) is 0 Å². The van der Waals surface area contributed by atoms with Gasteiger partial charge in [-0.25, -0.2) is 4.79 Å². The second-order valence-electron chi connectivity index (χ2n) is 5.36. The van der Waals surface area contributed by atoms with Crippen molar-refractivity contribution in [2.75, 3.05) is 0 Å². The summed E-state index contributed by atoms with van der Waals surface area (Å²) in [4.78, 5) is 24.1. The third-order valence-electron chi connectivity index (χ3n) is 4.14. The van der Waals surface area contributed by atoms with E-state index in [-0.39, 0.29) is 17.3 Å². The van der Waals surface area contributed by atoms with E-state index in [4.69, 9.17) is 0 Å². The minimum Gasteiger partial charge on any atom is -0.297 e. The predicted molar refractivity (Wildman–Crippen MR) is 65.5 cm³/mol. The highest BCUT2D eigenvalue weighted by Crippen LogP contribution is 2.27. The molecule has 0 N–H and O–H groups in total. The molecule has 1 atom stereocenters. The van der Waals surface area contributed by atoms with Gasteiger partial charge >= 0.3 is 5.69 Å². The number of aromatic nitrogens is 2. The van der Waals surface area contributed by atoms with Crippen molar-refractivity contribution in [3.8, 4) is 0 Å². The summed E-state index contributed by atoms with van der Waals surface area (Å²) in [7, 11) is 0. The van der Waals surface area contributed by atoms with Crippen LogP contribution in [0.25, 0.3) is 0 Å². The van der Waals surface area contributed by atoms with E-state index in [0.29, 0.717) is 12.5 Å². The average molecular weight is 234 g/mol. The van der Waals surface area contributed by atoms with Crippen LogP contribution < -0.4 is 11.2 Å². The maximum Gasteiger partial charge on any atom is 0.331 e. The molecule has 0 aromatic carbocycles. The van der Waals surface area contributed by atoms with Gasteiger partial charge < -0.3 is 0 Å². The minimum absolute atomic E-state index is 0.0369. The molecule has 2 aliphatic rings. The van der Waals surface area contributed by atoms with E-state index < -0.39 is 0 Å². The molecule has 1 aliphatic heterocycles. The smallest absolute Gasteiger partial charge is 0.297 e. The Morgan fingerprint density at radius 1 is 1.18 bits per heavy atom. The van der Waals surface area contributed by atoms with Crippen molar-refractivity contribution >= 4 is 0 Å². The van der Waals surface area contributed by atoms with E-state index in [1.807, 2.05) is 17.7 Å². The molecule has 3 rings (SSSR count). The molecule has 0 saturated heterocycles. The minimum atomic E-state index is -0.101. The Hall–Kier alpha value is -1.32. The third kappa shape index (κ3) is 1.58. The molecule has 1 aliphatic carbocycles. The van der Waals surface area contributed by atoms with Crippen molar-refractivity contribution in [2.24, 2.45) is 0 Å². The van der Waals surface area contributed by atoms with Gasteiger partial charge in [0, 0.05) is 30.3 Å². The Morgan fingerprint density at radius 2 is 1.88 bits per heavy atom. The fraction of sp³-hybridized carbons (Fsp3) is 0.692. The van der Waals surface area contributed by atoms with Crippen molar-refractivity contribution in [1.29, 1.82) is 0 Å². The highest BCUT2D eigenvalue weighted by Gasteiger charge is 2.27. The summed E-state index contributed by atoms with van der Waals surface area (Å²) < 4.78 is 3.25. The van der Waals surface area contributed by atoms with Crippen molar-refractivity contribution < 1.29 is 0 Å². The van der Waals surface area contributed by atoms with Gasteiger partial charge in [0.25, 0.3) is 5.56 Å². The number of hydrogen-bond acceptors (Lipinski definition) is 2. The van der Waals surface area contributed by atoms with Crippen LogP contribution in [0.1, 0.15) is 56.7 Å². The molecule has 4 heteroatoms. The van der Waals surface area contributed by atoms with E-state index in [2.05, 4.69) is 0 Å². The van der Waals surface area contributed by atoms with Gasteiger partial charge in [-0.1, -0.05) is 19.3 Å². The van der Waals surface area contributed by atoms with Gasteiger partial charge in [0.15, 0.2) is 0 Å². The second kappa shape index (κ2) is 3.86. The van der Waals surface area contributed by atoms with Gasteiger partial charge in [0.05, 0.1) is 0 Å². The maximum absolute atomic E-state index is 12.3. The average Bonchev–Trinajstić information content (AvgIpc) is 2.52. The van der Waals surface area contributed by atoms with Gasteiger partial charge in [-0.3, -0.25) is 13.9 Å². The summed E-state index contributed by atoms with van der Waals surface area (Å²) in [6.45, 7) is 1.95. The summed E-state index contributed by atoms with van der Waals surface area (Å²) in [5, 5.41) is 0. The first kappa shape index (κ1) is 10.8. The predicted octanol–water partition coefficient (Wildman–Crippen LogP) is 1.63. The molecule has 1 aromatic rings. The number of fused-ring (bicyclic) bond motifs is 2. The zero-order valence-electron chi connectivity index (χ0n) is 10.2. The largest absolute Gasteiger partial charge is 0.331 e. The first-order valence-electron chi connectivity index (χ1n) is 6.55.